The number of carbonyl (C=O) groups is 1. The maximum atomic E-state index is 14.9. The highest BCUT2D eigenvalue weighted by atomic mass is 35.5. The van der Waals surface area contributed by atoms with E-state index >= 15 is 0 Å². The zero-order valence-corrected chi connectivity index (χ0v) is 34.1. The Labute approximate surface area is 347 Å². The van der Waals surface area contributed by atoms with Gasteiger partial charge < -0.3 is 15.2 Å². The van der Waals surface area contributed by atoms with E-state index in [-0.39, 0.29) is 40.0 Å². The van der Waals surface area contributed by atoms with Crippen LogP contribution in [-0.4, -0.2) is 66.8 Å². The first kappa shape index (κ1) is 44.1. The summed E-state index contributed by atoms with van der Waals surface area (Å²) in [4.78, 5) is 24.0. The molecule has 6 rings (SSSR count). The van der Waals surface area contributed by atoms with E-state index in [0.717, 1.165) is 25.0 Å². The molecule has 0 radical (unpaired) electrons. The Morgan fingerprint density at radius 1 is 1.17 bits per heavy atom. The molecular weight excluding hydrogens is 844 g/mol. The van der Waals surface area contributed by atoms with E-state index in [9.17, 15) is 35.7 Å². The Hall–Kier alpha value is -4.45. The van der Waals surface area contributed by atoms with Gasteiger partial charge in [-0.1, -0.05) is 23.6 Å². The van der Waals surface area contributed by atoms with Crippen molar-refractivity contribution in [1.82, 2.24) is 25.8 Å². The van der Waals surface area contributed by atoms with E-state index in [4.69, 9.17) is 31.2 Å². The third-order valence-corrected chi connectivity index (χ3v) is 11.3. The number of hydrogen-bond donors (Lipinski definition) is 5. The van der Waals surface area contributed by atoms with Gasteiger partial charge in [0.25, 0.3) is 12.3 Å². The lowest BCUT2D eigenvalue weighted by Gasteiger charge is -2.23. The van der Waals surface area contributed by atoms with Crippen molar-refractivity contribution in [3.63, 3.8) is 0 Å². The highest BCUT2D eigenvalue weighted by Gasteiger charge is 2.44. The molecule has 11 nitrogen and oxygen atoms in total. The second-order valence-corrected chi connectivity index (χ2v) is 17.1. The van der Waals surface area contributed by atoms with Crippen LogP contribution in [0.15, 0.2) is 53.7 Å². The fraction of sp³-hybridized carbons (Fsp3) is 0.385. The number of rotatable bonds is 17. The van der Waals surface area contributed by atoms with Gasteiger partial charge in [0.15, 0.2) is 5.60 Å². The highest BCUT2D eigenvalue weighted by molar-refractivity contribution is 7.95. The van der Waals surface area contributed by atoms with Crippen LogP contribution in [0.3, 0.4) is 0 Å². The number of benzene rings is 2. The summed E-state index contributed by atoms with van der Waals surface area (Å²) in [5.74, 6) is 0.00182. The molecule has 0 spiro atoms. The molecule has 314 valence electrons. The second-order valence-electron chi connectivity index (χ2n) is 14.2. The number of aromatic nitrogens is 3. The molecule has 4 aromatic rings. The lowest BCUT2D eigenvalue weighted by atomic mass is 9.93. The summed E-state index contributed by atoms with van der Waals surface area (Å²) in [5.41, 5.74) is -2.46. The van der Waals surface area contributed by atoms with Crippen molar-refractivity contribution in [1.29, 1.82) is 5.41 Å². The van der Waals surface area contributed by atoms with Crippen molar-refractivity contribution in [2.45, 2.75) is 82.1 Å². The number of aromatic amines is 1. The van der Waals surface area contributed by atoms with Crippen LogP contribution in [0, 0.1) is 28.9 Å². The number of pyridine rings is 1. The van der Waals surface area contributed by atoms with Crippen molar-refractivity contribution in [3.05, 3.63) is 87.3 Å². The summed E-state index contributed by atoms with van der Waals surface area (Å²) in [5, 5.41) is 20.8. The first-order chi connectivity index (χ1) is 27.9. The minimum atomic E-state index is -3.61. The van der Waals surface area contributed by atoms with Crippen LogP contribution >= 0.6 is 23.6 Å². The summed E-state index contributed by atoms with van der Waals surface area (Å²) < 4.78 is 106. The van der Waals surface area contributed by atoms with Gasteiger partial charge in [0.1, 0.15) is 28.8 Å². The quantitative estimate of drug-likeness (QED) is 0.0133. The second kappa shape index (κ2) is 18.4. The van der Waals surface area contributed by atoms with Crippen LogP contribution in [0.25, 0.3) is 22.0 Å². The van der Waals surface area contributed by atoms with Crippen LogP contribution in [-0.2, 0) is 31.8 Å². The molecule has 5 N–H and O–H groups in total. The first-order valence-corrected chi connectivity index (χ1v) is 20.8. The molecule has 2 aliphatic rings. The number of hydrogen-bond acceptors (Lipinski definition) is 10. The van der Waals surface area contributed by atoms with Crippen LogP contribution in [0.4, 0.5) is 32.2 Å². The molecule has 2 aromatic carbocycles. The third kappa shape index (κ3) is 11.0. The van der Waals surface area contributed by atoms with Gasteiger partial charge in [0, 0.05) is 46.5 Å². The molecule has 0 aliphatic heterocycles. The van der Waals surface area contributed by atoms with Crippen molar-refractivity contribution in [2.75, 3.05) is 17.0 Å². The predicted molar refractivity (Wildman–Crippen MR) is 214 cm³/mol. The number of amides is 1. The van der Waals surface area contributed by atoms with Gasteiger partial charge in [-0.25, -0.2) is 27.4 Å². The molecule has 2 unspecified atom stereocenters. The van der Waals surface area contributed by atoms with Gasteiger partial charge in [-0.2, -0.15) is 22.9 Å². The fourth-order valence-corrected chi connectivity index (χ4v) is 7.56. The average molecular weight is 882 g/mol. The SMILES string of the molecule is CC[S+]([O-])Nc1n[nH]c2c(-c3ccc(C#CC(C)(C)OOSC4CC4)nc3C(Cc3cc(F)cc(F)c3)NC(=O)CNC3=C(C(=N)C(F)F)CCC3(F)F)ccc(Cl)c12. The van der Waals surface area contributed by atoms with E-state index in [1.807, 2.05) is 0 Å². The molecule has 2 aromatic heterocycles. The van der Waals surface area contributed by atoms with E-state index in [0.29, 0.717) is 33.3 Å². The molecule has 2 heterocycles. The Balaban J connectivity index is 1.44. The largest absolute Gasteiger partial charge is 0.593 e. The number of H-pyrrole nitrogens is 1. The van der Waals surface area contributed by atoms with Crippen LogP contribution in [0.1, 0.15) is 69.4 Å². The highest BCUT2D eigenvalue weighted by Crippen LogP contribution is 2.41. The maximum Gasteiger partial charge on any atom is 0.287 e. The van der Waals surface area contributed by atoms with Crippen LogP contribution in [0.5, 0.6) is 0 Å². The topological polar surface area (TPSA) is 160 Å². The lowest BCUT2D eigenvalue weighted by molar-refractivity contribution is -0.247. The Kier molecular flexibility index (Phi) is 13.8. The molecule has 2 aliphatic carbocycles. The van der Waals surface area contributed by atoms with E-state index < -0.39 is 89.3 Å². The number of anilines is 1. The van der Waals surface area contributed by atoms with Gasteiger partial charge in [-0.05, 0) is 88.3 Å². The van der Waals surface area contributed by atoms with Crippen molar-refractivity contribution < 1.29 is 44.9 Å². The molecule has 59 heavy (non-hydrogen) atoms. The summed E-state index contributed by atoms with van der Waals surface area (Å²) in [6, 6.07) is 7.94. The normalized spacial score (nSPS) is 16.2. The van der Waals surface area contributed by atoms with Gasteiger partial charge in [-0.3, -0.25) is 15.3 Å². The minimum Gasteiger partial charge on any atom is -0.593 e. The minimum absolute atomic E-state index is 0.0823. The van der Waals surface area contributed by atoms with E-state index in [1.54, 1.807) is 45.0 Å². The number of fused-ring (bicyclic) bond motifs is 1. The summed E-state index contributed by atoms with van der Waals surface area (Å²) in [7, 11) is 0. The molecule has 20 heteroatoms. The third-order valence-electron chi connectivity index (χ3n) is 9.15. The smallest absolute Gasteiger partial charge is 0.287 e. The van der Waals surface area contributed by atoms with E-state index in [2.05, 4.69) is 37.4 Å². The summed E-state index contributed by atoms with van der Waals surface area (Å²) in [6.45, 7) is 4.20. The number of nitrogens with one attached hydrogen (secondary N) is 5. The lowest BCUT2D eigenvalue weighted by Crippen LogP contribution is -2.40. The Bertz CT molecular complexity index is 2310. The monoisotopic (exact) mass is 881 g/mol. The van der Waals surface area contributed by atoms with Crippen LogP contribution in [0.2, 0.25) is 5.02 Å². The van der Waals surface area contributed by atoms with Crippen molar-refractivity contribution >= 4 is 63.3 Å². The molecule has 0 bridgehead atoms. The van der Waals surface area contributed by atoms with E-state index in [1.165, 1.54) is 12.0 Å². The van der Waals surface area contributed by atoms with Crippen LogP contribution < -0.4 is 15.4 Å². The van der Waals surface area contributed by atoms with Crippen molar-refractivity contribution in [2.24, 2.45) is 0 Å². The summed E-state index contributed by atoms with van der Waals surface area (Å²) >= 11 is 6.31. The molecule has 2 atom stereocenters. The number of halogens is 7. The number of allylic oxidation sites excluding steroid dienone is 2. The molecule has 1 fully saturated rings. The Morgan fingerprint density at radius 3 is 2.56 bits per heavy atom. The maximum absolute atomic E-state index is 14.9. The number of nitrogens with zero attached hydrogens (tertiary/aromatic N) is 2. The predicted octanol–water partition coefficient (Wildman–Crippen LogP) is 8.50. The molecule has 1 saturated carbocycles. The average Bonchev–Trinajstić information content (AvgIpc) is 3.82. The molecule has 1 amide bonds. The first-order valence-electron chi connectivity index (χ1n) is 18.3. The molecule has 0 saturated heterocycles. The Morgan fingerprint density at radius 2 is 1.88 bits per heavy atom. The zero-order chi connectivity index (χ0) is 42.6. The standard InChI is InChI=1S/C39H38ClF6N7O4S2/c1-4-59(55)53-37-31-28(40)10-9-26(34(31)51-52-37)25-8-5-23(11-13-38(2,3)56-57-58-24-6-7-24)49-33(25)29(17-20-15-21(41)18-22(42)16-20)50-30(54)19-48-35-27(32(47)36(43)44)12-14-39(35,45)46/h5,8-10,15-16,18,24,29,36,47-48H,4,6-7,12,14,17,19H2,1-3H3,(H,50,54)(H2,51,52,53). The van der Waals surface area contributed by atoms with Gasteiger partial charge in [0.2, 0.25) is 11.7 Å². The molecular formula is C39H38ClF6N7O4S2. The number of alkyl halides is 4. The zero-order valence-electron chi connectivity index (χ0n) is 31.7. The summed E-state index contributed by atoms with van der Waals surface area (Å²) in [6.07, 6.45) is -2.92. The fourth-order valence-electron chi connectivity index (χ4n) is 6.15. The van der Waals surface area contributed by atoms with Gasteiger partial charge in [-0.15, -0.1) is 0 Å². The van der Waals surface area contributed by atoms with Gasteiger partial charge >= 0.3 is 0 Å². The van der Waals surface area contributed by atoms with Gasteiger partial charge in [0.05, 0.1) is 51.3 Å². The van der Waals surface area contributed by atoms with Crippen molar-refractivity contribution in [3.8, 4) is 23.0 Å². The number of carbonyl (C=O) groups excluding carboxylic acids is 1.